The Morgan fingerprint density at radius 1 is 1.41 bits per heavy atom. The molecule has 1 aliphatic carbocycles. The summed E-state index contributed by atoms with van der Waals surface area (Å²) in [6.07, 6.45) is 17.8. The Kier molecular flexibility index (Phi) is 6.26. The van der Waals surface area contributed by atoms with Crippen LogP contribution in [0.25, 0.3) is 0 Å². The topological polar surface area (TPSA) is 15.6 Å². The van der Waals surface area contributed by atoms with Gasteiger partial charge in [0.2, 0.25) is 0 Å². The lowest BCUT2D eigenvalue weighted by atomic mass is 10.1. The summed E-state index contributed by atoms with van der Waals surface area (Å²) in [7, 11) is 2.09. The minimum absolute atomic E-state index is 0.219. The van der Waals surface area contributed by atoms with Crippen molar-refractivity contribution >= 4 is 5.71 Å². The van der Waals surface area contributed by atoms with E-state index in [0.717, 1.165) is 18.7 Å². The summed E-state index contributed by atoms with van der Waals surface area (Å²) < 4.78 is 0. The number of likely N-dealkylation sites (N-methyl/N-ethyl adjacent to an activating group) is 1. The van der Waals surface area contributed by atoms with Gasteiger partial charge in [0, 0.05) is 18.7 Å². The Hall–Kier alpha value is -1.41. The molecule has 0 aromatic carbocycles. The monoisotopic (exact) mass is 230 g/mol. The molecule has 1 rings (SSSR count). The normalized spacial score (nSPS) is 20.1. The second-order valence-electron chi connectivity index (χ2n) is 4.14. The molecule has 0 spiro atoms. The summed E-state index contributed by atoms with van der Waals surface area (Å²) in [6, 6.07) is 0. The van der Waals surface area contributed by atoms with Crippen LogP contribution in [0.15, 0.2) is 53.6 Å². The van der Waals surface area contributed by atoms with Crippen LogP contribution in [0.4, 0.5) is 0 Å². The third-order valence-electron chi connectivity index (χ3n) is 2.69. The molecule has 0 radical (unpaired) electrons. The van der Waals surface area contributed by atoms with Crippen molar-refractivity contribution in [2.24, 2.45) is 4.99 Å². The summed E-state index contributed by atoms with van der Waals surface area (Å²) >= 11 is 0. The summed E-state index contributed by atoms with van der Waals surface area (Å²) in [4.78, 5) is 6.91. The van der Waals surface area contributed by atoms with E-state index in [1.807, 2.05) is 25.2 Å². The Bertz CT molecular complexity index is 359. The molecule has 0 bridgehead atoms. The SMILES string of the molecule is C/C=C\C=C/CN(C)C(C)/N=C1/C=CC=CC1. The van der Waals surface area contributed by atoms with Crippen LogP contribution in [-0.4, -0.2) is 30.4 Å². The third-order valence-corrected chi connectivity index (χ3v) is 2.69. The second-order valence-corrected chi connectivity index (χ2v) is 4.14. The highest BCUT2D eigenvalue weighted by atomic mass is 15.2. The first-order valence-corrected chi connectivity index (χ1v) is 6.12. The molecular weight excluding hydrogens is 208 g/mol. The average molecular weight is 230 g/mol. The zero-order chi connectivity index (χ0) is 12.5. The first-order valence-electron chi connectivity index (χ1n) is 6.12. The highest BCUT2D eigenvalue weighted by Crippen LogP contribution is 2.04. The van der Waals surface area contributed by atoms with Gasteiger partial charge in [0.15, 0.2) is 0 Å². The number of nitrogens with zero attached hydrogens (tertiary/aromatic N) is 2. The van der Waals surface area contributed by atoms with E-state index in [2.05, 4.69) is 54.2 Å². The van der Waals surface area contributed by atoms with Gasteiger partial charge in [-0.2, -0.15) is 0 Å². The van der Waals surface area contributed by atoms with Crippen LogP contribution >= 0.6 is 0 Å². The standard InChI is InChI=1S/C15H22N2/c1-4-5-6-10-13-17(3)14(2)16-15-11-8-7-9-12-15/h4-11,14H,12-13H2,1-3H3/b5-4-,10-6-,16-15-. The van der Waals surface area contributed by atoms with Gasteiger partial charge in [-0.15, -0.1) is 0 Å². The Labute approximate surface area is 105 Å². The quantitative estimate of drug-likeness (QED) is 0.661. The van der Waals surface area contributed by atoms with Crippen molar-refractivity contribution in [1.82, 2.24) is 4.90 Å². The van der Waals surface area contributed by atoms with E-state index in [4.69, 9.17) is 0 Å². The maximum Gasteiger partial charge on any atom is 0.0994 e. The number of hydrogen-bond acceptors (Lipinski definition) is 2. The van der Waals surface area contributed by atoms with Crippen LogP contribution in [0.2, 0.25) is 0 Å². The Morgan fingerprint density at radius 2 is 2.24 bits per heavy atom. The fourth-order valence-electron chi connectivity index (χ4n) is 1.51. The van der Waals surface area contributed by atoms with E-state index in [1.54, 1.807) is 0 Å². The predicted molar refractivity (Wildman–Crippen MR) is 76.4 cm³/mol. The molecule has 0 aromatic rings. The molecule has 0 N–H and O–H groups in total. The van der Waals surface area contributed by atoms with Crippen molar-refractivity contribution in [2.45, 2.75) is 26.4 Å². The number of rotatable bonds is 5. The minimum Gasteiger partial charge on any atom is -0.282 e. The number of hydrogen-bond donors (Lipinski definition) is 0. The molecule has 0 saturated heterocycles. The van der Waals surface area contributed by atoms with Gasteiger partial charge >= 0.3 is 0 Å². The third kappa shape index (κ3) is 5.45. The smallest absolute Gasteiger partial charge is 0.0994 e. The second kappa shape index (κ2) is 7.80. The van der Waals surface area contributed by atoms with Crippen molar-refractivity contribution in [3.63, 3.8) is 0 Å². The molecule has 1 atom stereocenters. The van der Waals surface area contributed by atoms with Crippen LogP contribution in [0.3, 0.4) is 0 Å². The van der Waals surface area contributed by atoms with Crippen molar-refractivity contribution < 1.29 is 0 Å². The van der Waals surface area contributed by atoms with Crippen molar-refractivity contribution in [3.05, 3.63) is 48.6 Å². The maximum absolute atomic E-state index is 4.69. The van der Waals surface area contributed by atoms with E-state index >= 15 is 0 Å². The average Bonchev–Trinajstić information content (AvgIpc) is 2.35. The fourth-order valence-corrected chi connectivity index (χ4v) is 1.51. The molecule has 0 saturated carbocycles. The molecule has 1 aliphatic rings. The Balaban J connectivity index is 2.43. The van der Waals surface area contributed by atoms with Gasteiger partial charge in [-0.25, -0.2) is 0 Å². The minimum atomic E-state index is 0.219. The fraction of sp³-hybridized carbons (Fsp3) is 0.400. The molecular formula is C15H22N2. The summed E-state index contributed by atoms with van der Waals surface area (Å²) in [5.74, 6) is 0. The van der Waals surface area contributed by atoms with Gasteiger partial charge in [-0.05, 0) is 27.0 Å². The zero-order valence-corrected chi connectivity index (χ0v) is 11.0. The van der Waals surface area contributed by atoms with E-state index in [1.165, 1.54) is 0 Å². The lowest BCUT2D eigenvalue weighted by Crippen LogP contribution is -2.28. The lowest BCUT2D eigenvalue weighted by Gasteiger charge is -2.20. The molecule has 17 heavy (non-hydrogen) atoms. The van der Waals surface area contributed by atoms with E-state index in [0.29, 0.717) is 0 Å². The van der Waals surface area contributed by atoms with Crippen molar-refractivity contribution in [2.75, 3.05) is 13.6 Å². The maximum atomic E-state index is 4.69. The largest absolute Gasteiger partial charge is 0.282 e. The van der Waals surface area contributed by atoms with Gasteiger partial charge in [0.25, 0.3) is 0 Å². The molecule has 0 amide bonds. The van der Waals surface area contributed by atoms with E-state index < -0.39 is 0 Å². The highest BCUT2D eigenvalue weighted by Gasteiger charge is 2.06. The molecule has 2 nitrogen and oxygen atoms in total. The number of aliphatic imine (C=N–C) groups is 1. The molecule has 0 heterocycles. The van der Waals surface area contributed by atoms with Crippen LogP contribution in [0.5, 0.6) is 0 Å². The molecule has 92 valence electrons. The van der Waals surface area contributed by atoms with Gasteiger partial charge in [0.05, 0.1) is 6.17 Å². The number of allylic oxidation sites excluding steroid dienone is 7. The summed E-state index contributed by atoms with van der Waals surface area (Å²) in [5.41, 5.74) is 1.16. The van der Waals surface area contributed by atoms with E-state index in [-0.39, 0.29) is 6.17 Å². The van der Waals surface area contributed by atoms with Gasteiger partial charge in [0.1, 0.15) is 0 Å². The van der Waals surface area contributed by atoms with E-state index in [9.17, 15) is 0 Å². The predicted octanol–water partition coefficient (Wildman–Crippen LogP) is 3.35. The molecule has 0 aliphatic heterocycles. The molecule has 1 unspecified atom stereocenters. The highest BCUT2D eigenvalue weighted by molar-refractivity contribution is 5.97. The van der Waals surface area contributed by atoms with Crippen molar-refractivity contribution in [3.8, 4) is 0 Å². The van der Waals surface area contributed by atoms with Crippen LogP contribution < -0.4 is 0 Å². The van der Waals surface area contributed by atoms with Gasteiger partial charge < -0.3 is 0 Å². The molecule has 2 heteroatoms. The van der Waals surface area contributed by atoms with Crippen LogP contribution in [0.1, 0.15) is 20.3 Å². The van der Waals surface area contributed by atoms with Gasteiger partial charge in [-0.3, -0.25) is 9.89 Å². The summed E-state index contributed by atoms with van der Waals surface area (Å²) in [5, 5.41) is 0. The van der Waals surface area contributed by atoms with Crippen LogP contribution in [-0.2, 0) is 0 Å². The van der Waals surface area contributed by atoms with Gasteiger partial charge in [-0.1, -0.05) is 42.5 Å². The zero-order valence-electron chi connectivity index (χ0n) is 11.0. The molecule has 0 aromatic heterocycles. The van der Waals surface area contributed by atoms with Crippen molar-refractivity contribution in [1.29, 1.82) is 0 Å². The molecule has 0 fully saturated rings. The first-order chi connectivity index (χ1) is 8.24. The first kappa shape index (κ1) is 13.7. The lowest BCUT2D eigenvalue weighted by molar-refractivity contribution is 0.293. The summed E-state index contributed by atoms with van der Waals surface area (Å²) in [6.45, 7) is 5.07. The Morgan fingerprint density at radius 3 is 2.88 bits per heavy atom. The van der Waals surface area contributed by atoms with Crippen LogP contribution in [0, 0.1) is 0 Å².